The molecule has 2 amide bonds. The van der Waals surface area contributed by atoms with E-state index in [0.717, 1.165) is 39.1 Å². The van der Waals surface area contributed by atoms with Gasteiger partial charge in [0.2, 0.25) is 0 Å². The third-order valence-corrected chi connectivity index (χ3v) is 3.96. The van der Waals surface area contributed by atoms with Crippen LogP contribution in [0.5, 0.6) is 0 Å². The van der Waals surface area contributed by atoms with E-state index < -0.39 is 0 Å². The molecule has 0 bridgehead atoms. The molecule has 0 aromatic heterocycles. The van der Waals surface area contributed by atoms with Gasteiger partial charge in [-0.3, -0.25) is 0 Å². The van der Waals surface area contributed by atoms with Crippen LogP contribution in [-0.4, -0.2) is 55.4 Å². The van der Waals surface area contributed by atoms with E-state index in [1.807, 2.05) is 4.90 Å². The van der Waals surface area contributed by atoms with E-state index in [-0.39, 0.29) is 6.03 Å². The molecule has 5 heteroatoms. The van der Waals surface area contributed by atoms with E-state index in [0.29, 0.717) is 18.4 Å². The maximum Gasteiger partial charge on any atom is 0.317 e. The van der Waals surface area contributed by atoms with Crippen LogP contribution in [0.4, 0.5) is 4.79 Å². The number of hydrogen-bond acceptors (Lipinski definition) is 3. The Balaban J connectivity index is 1.58. The number of carbonyl (C=O) groups is 1. The molecule has 1 saturated carbocycles. The Bertz CT molecular complexity index is 260. The monoisotopic (exact) mass is 241 g/mol. The normalized spacial score (nSPS) is 28.8. The van der Waals surface area contributed by atoms with E-state index in [1.54, 1.807) is 0 Å². The second-order valence-corrected chi connectivity index (χ2v) is 5.06. The van der Waals surface area contributed by atoms with Gasteiger partial charge in [0.25, 0.3) is 0 Å². The standard InChI is InChI=1S/C12H23N3O2/c16-9-11-3-1-2-10(11)8-13-4-6-15-7-5-14-12(15)17/h10-11,13,16H,1-9H2,(H,14,17). The fourth-order valence-electron chi connectivity index (χ4n) is 2.85. The van der Waals surface area contributed by atoms with Gasteiger partial charge in [0.05, 0.1) is 0 Å². The molecule has 1 aliphatic carbocycles. The zero-order chi connectivity index (χ0) is 12.1. The van der Waals surface area contributed by atoms with E-state index in [1.165, 1.54) is 12.8 Å². The van der Waals surface area contributed by atoms with E-state index in [9.17, 15) is 9.90 Å². The van der Waals surface area contributed by atoms with Crippen LogP contribution in [-0.2, 0) is 0 Å². The van der Waals surface area contributed by atoms with Crippen molar-refractivity contribution in [3.05, 3.63) is 0 Å². The Kier molecular flexibility index (Phi) is 4.62. The maximum absolute atomic E-state index is 11.3. The minimum atomic E-state index is 0.0564. The molecule has 5 nitrogen and oxygen atoms in total. The lowest BCUT2D eigenvalue weighted by Crippen LogP contribution is -2.36. The molecule has 1 heterocycles. The van der Waals surface area contributed by atoms with Crippen LogP contribution < -0.4 is 10.6 Å². The Morgan fingerprint density at radius 3 is 2.94 bits per heavy atom. The van der Waals surface area contributed by atoms with Gasteiger partial charge in [0.1, 0.15) is 0 Å². The van der Waals surface area contributed by atoms with E-state index in [2.05, 4.69) is 10.6 Å². The van der Waals surface area contributed by atoms with Gasteiger partial charge < -0.3 is 20.6 Å². The number of urea groups is 1. The molecule has 0 radical (unpaired) electrons. The van der Waals surface area contributed by atoms with Crippen molar-refractivity contribution in [1.82, 2.24) is 15.5 Å². The molecule has 2 unspecified atom stereocenters. The first-order valence-corrected chi connectivity index (χ1v) is 6.65. The third-order valence-electron chi connectivity index (χ3n) is 3.96. The van der Waals surface area contributed by atoms with Crippen LogP contribution in [0.2, 0.25) is 0 Å². The maximum atomic E-state index is 11.3. The molecular formula is C12H23N3O2. The minimum absolute atomic E-state index is 0.0564. The molecule has 98 valence electrons. The SMILES string of the molecule is O=C1NCCN1CCNCC1CCCC1CO. The first kappa shape index (κ1) is 12.6. The molecule has 17 heavy (non-hydrogen) atoms. The van der Waals surface area contributed by atoms with Crippen LogP contribution >= 0.6 is 0 Å². The zero-order valence-electron chi connectivity index (χ0n) is 10.3. The number of hydrogen-bond donors (Lipinski definition) is 3. The Labute approximate surface area is 103 Å². The van der Waals surface area contributed by atoms with E-state index in [4.69, 9.17) is 0 Å². The van der Waals surface area contributed by atoms with Gasteiger partial charge in [0, 0.05) is 32.8 Å². The number of carbonyl (C=O) groups excluding carboxylic acids is 1. The fraction of sp³-hybridized carbons (Fsp3) is 0.917. The summed E-state index contributed by atoms with van der Waals surface area (Å²) in [6.07, 6.45) is 3.63. The van der Waals surface area contributed by atoms with Gasteiger partial charge in [-0.1, -0.05) is 6.42 Å². The molecule has 0 aromatic rings. The topological polar surface area (TPSA) is 64.6 Å². The second kappa shape index (κ2) is 6.21. The fourth-order valence-corrected chi connectivity index (χ4v) is 2.85. The van der Waals surface area contributed by atoms with Crippen molar-refractivity contribution < 1.29 is 9.90 Å². The lowest BCUT2D eigenvalue weighted by atomic mass is 9.97. The number of nitrogens with one attached hydrogen (secondary N) is 2. The highest BCUT2D eigenvalue weighted by Crippen LogP contribution is 2.30. The van der Waals surface area contributed by atoms with Crippen LogP contribution in [0.1, 0.15) is 19.3 Å². The van der Waals surface area contributed by atoms with Crippen LogP contribution in [0.15, 0.2) is 0 Å². The predicted molar refractivity (Wildman–Crippen MR) is 65.8 cm³/mol. The smallest absolute Gasteiger partial charge is 0.317 e. The quantitative estimate of drug-likeness (QED) is 0.574. The lowest BCUT2D eigenvalue weighted by Gasteiger charge is -2.19. The highest BCUT2D eigenvalue weighted by Gasteiger charge is 2.26. The largest absolute Gasteiger partial charge is 0.396 e. The number of amides is 2. The number of rotatable bonds is 6. The molecule has 3 N–H and O–H groups in total. The van der Waals surface area contributed by atoms with Gasteiger partial charge in [0.15, 0.2) is 0 Å². The van der Waals surface area contributed by atoms with Crippen molar-refractivity contribution in [2.75, 3.05) is 39.3 Å². The van der Waals surface area contributed by atoms with Gasteiger partial charge in [-0.25, -0.2) is 4.79 Å². The Morgan fingerprint density at radius 1 is 1.41 bits per heavy atom. The van der Waals surface area contributed by atoms with Crippen molar-refractivity contribution in [3.8, 4) is 0 Å². The molecule has 2 rings (SSSR count). The lowest BCUT2D eigenvalue weighted by molar-refractivity contribution is 0.191. The summed E-state index contributed by atoms with van der Waals surface area (Å²) in [5.74, 6) is 1.10. The third kappa shape index (κ3) is 3.33. The van der Waals surface area contributed by atoms with Crippen molar-refractivity contribution in [2.24, 2.45) is 11.8 Å². The van der Waals surface area contributed by atoms with Crippen molar-refractivity contribution >= 4 is 6.03 Å². The Hall–Kier alpha value is -0.810. The van der Waals surface area contributed by atoms with Gasteiger partial charge in [-0.15, -0.1) is 0 Å². The van der Waals surface area contributed by atoms with Crippen LogP contribution in [0.25, 0.3) is 0 Å². The van der Waals surface area contributed by atoms with E-state index >= 15 is 0 Å². The van der Waals surface area contributed by atoms with Gasteiger partial charge >= 0.3 is 6.03 Å². The summed E-state index contributed by atoms with van der Waals surface area (Å²) in [6.45, 7) is 4.52. The highest BCUT2D eigenvalue weighted by molar-refractivity contribution is 5.76. The van der Waals surface area contributed by atoms with Crippen LogP contribution in [0, 0.1) is 11.8 Å². The molecule has 2 aliphatic rings. The predicted octanol–water partition coefficient (Wildman–Crippen LogP) is 0.00980. The van der Waals surface area contributed by atoms with Gasteiger partial charge in [-0.05, 0) is 31.2 Å². The zero-order valence-corrected chi connectivity index (χ0v) is 10.3. The molecular weight excluding hydrogens is 218 g/mol. The molecule has 0 aromatic carbocycles. The summed E-state index contributed by atoms with van der Waals surface area (Å²) in [4.78, 5) is 13.1. The summed E-state index contributed by atoms with van der Waals surface area (Å²) in [7, 11) is 0. The average molecular weight is 241 g/mol. The summed E-state index contributed by atoms with van der Waals surface area (Å²) >= 11 is 0. The molecule has 1 saturated heterocycles. The van der Waals surface area contributed by atoms with Gasteiger partial charge in [-0.2, -0.15) is 0 Å². The minimum Gasteiger partial charge on any atom is -0.396 e. The Morgan fingerprint density at radius 2 is 2.24 bits per heavy atom. The molecule has 0 spiro atoms. The number of nitrogens with zero attached hydrogens (tertiary/aromatic N) is 1. The molecule has 1 aliphatic heterocycles. The van der Waals surface area contributed by atoms with Crippen molar-refractivity contribution in [3.63, 3.8) is 0 Å². The van der Waals surface area contributed by atoms with Crippen molar-refractivity contribution in [1.29, 1.82) is 0 Å². The number of aliphatic hydroxyl groups excluding tert-OH is 1. The summed E-state index contributed by atoms with van der Waals surface area (Å²) < 4.78 is 0. The first-order chi connectivity index (χ1) is 8.31. The average Bonchev–Trinajstić information content (AvgIpc) is 2.93. The molecule has 2 fully saturated rings. The first-order valence-electron chi connectivity index (χ1n) is 6.65. The highest BCUT2D eigenvalue weighted by atomic mass is 16.3. The summed E-state index contributed by atoms with van der Waals surface area (Å²) in [5.41, 5.74) is 0. The molecule has 2 atom stereocenters. The second-order valence-electron chi connectivity index (χ2n) is 5.06. The summed E-state index contributed by atoms with van der Waals surface area (Å²) in [6, 6.07) is 0.0564. The van der Waals surface area contributed by atoms with Crippen LogP contribution in [0.3, 0.4) is 0 Å². The van der Waals surface area contributed by atoms with Crippen molar-refractivity contribution in [2.45, 2.75) is 19.3 Å². The summed E-state index contributed by atoms with van der Waals surface area (Å²) in [5, 5.41) is 15.4. The number of aliphatic hydroxyl groups is 1.